The SMILES string of the molecule is Nc1cccc(-c2cccc(-c3nc(-c4ccccc4)cc(-c4ccc(-c5cccc6c5Oc5ccccc5C65c6ccccc6C6(c7ccccc7-c7ccccc76)c6ccccc65)cc4)n3)c2)c1. The number of nitrogen functional groups attached to an aromatic ring is 1. The van der Waals surface area contributed by atoms with Crippen molar-refractivity contribution in [2.75, 3.05) is 5.73 Å². The number of para-hydroxylation sites is 2. The average molecular weight is 894 g/mol. The molecule has 1 aromatic heterocycles. The first-order chi connectivity index (χ1) is 34.6. The molecule has 10 aromatic carbocycles. The van der Waals surface area contributed by atoms with Gasteiger partial charge in [-0.3, -0.25) is 0 Å². The van der Waals surface area contributed by atoms with Gasteiger partial charge in [0.15, 0.2) is 5.82 Å². The van der Waals surface area contributed by atoms with Crippen LogP contribution in [-0.2, 0) is 10.8 Å². The van der Waals surface area contributed by atoms with E-state index in [-0.39, 0.29) is 0 Å². The number of hydrogen-bond acceptors (Lipinski definition) is 4. The molecule has 0 bridgehead atoms. The fourth-order valence-electron chi connectivity index (χ4n) is 12.1. The topological polar surface area (TPSA) is 61.0 Å². The quantitative estimate of drug-likeness (QED) is 0.175. The van der Waals surface area contributed by atoms with Crippen LogP contribution in [0, 0.1) is 0 Å². The van der Waals surface area contributed by atoms with Gasteiger partial charge in [0.1, 0.15) is 11.5 Å². The van der Waals surface area contributed by atoms with Crippen molar-refractivity contribution in [2.45, 2.75) is 10.8 Å². The molecular formula is C66H43N3O. The van der Waals surface area contributed by atoms with Crippen molar-refractivity contribution in [3.8, 4) is 78.8 Å². The van der Waals surface area contributed by atoms with Gasteiger partial charge in [0.2, 0.25) is 0 Å². The number of rotatable bonds is 5. The maximum atomic E-state index is 7.21. The minimum Gasteiger partial charge on any atom is -0.456 e. The van der Waals surface area contributed by atoms with Crippen LogP contribution in [0.1, 0.15) is 44.5 Å². The van der Waals surface area contributed by atoms with Gasteiger partial charge >= 0.3 is 0 Å². The smallest absolute Gasteiger partial charge is 0.160 e. The minimum absolute atomic E-state index is 0.521. The van der Waals surface area contributed by atoms with E-state index in [0.29, 0.717) is 5.82 Å². The predicted molar refractivity (Wildman–Crippen MR) is 283 cm³/mol. The van der Waals surface area contributed by atoms with E-state index in [1.165, 1.54) is 44.5 Å². The molecule has 70 heavy (non-hydrogen) atoms. The highest BCUT2D eigenvalue weighted by atomic mass is 16.5. The summed E-state index contributed by atoms with van der Waals surface area (Å²) >= 11 is 0. The highest BCUT2D eigenvalue weighted by molar-refractivity contribution is 5.91. The molecule has 14 rings (SSSR count). The first kappa shape index (κ1) is 40.0. The molecule has 3 aliphatic rings. The Morgan fingerprint density at radius 1 is 0.300 bits per heavy atom. The Bertz CT molecular complexity index is 3800. The second-order valence-electron chi connectivity index (χ2n) is 18.6. The van der Waals surface area contributed by atoms with Gasteiger partial charge < -0.3 is 10.5 Å². The van der Waals surface area contributed by atoms with Crippen molar-refractivity contribution in [1.29, 1.82) is 0 Å². The van der Waals surface area contributed by atoms with E-state index in [1.807, 2.05) is 36.4 Å². The summed E-state index contributed by atoms with van der Waals surface area (Å²) in [7, 11) is 0. The zero-order valence-corrected chi connectivity index (χ0v) is 38.1. The molecule has 4 nitrogen and oxygen atoms in total. The lowest BCUT2D eigenvalue weighted by atomic mass is 9.51. The van der Waals surface area contributed by atoms with Crippen LogP contribution in [0.5, 0.6) is 11.5 Å². The monoisotopic (exact) mass is 893 g/mol. The Labute approximate surface area is 407 Å². The molecule has 0 fully saturated rings. The molecule has 11 aromatic rings. The van der Waals surface area contributed by atoms with Crippen LogP contribution in [0.15, 0.2) is 249 Å². The Balaban J connectivity index is 0.936. The molecule has 4 heteroatoms. The van der Waals surface area contributed by atoms with E-state index >= 15 is 0 Å². The van der Waals surface area contributed by atoms with Crippen LogP contribution in [0.25, 0.3) is 67.3 Å². The van der Waals surface area contributed by atoms with E-state index in [2.05, 4.69) is 212 Å². The summed E-state index contributed by atoms with van der Waals surface area (Å²) in [5, 5.41) is 0. The summed E-state index contributed by atoms with van der Waals surface area (Å²) in [5.41, 5.74) is 27.1. The normalized spacial score (nSPS) is 13.8. The zero-order valence-electron chi connectivity index (χ0n) is 38.1. The van der Waals surface area contributed by atoms with Gasteiger partial charge in [0.05, 0.1) is 22.2 Å². The Morgan fingerprint density at radius 3 is 1.36 bits per heavy atom. The van der Waals surface area contributed by atoms with Crippen LogP contribution < -0.4 is 10.5 Å². The van der Waals surface area contributed by atoms with Crippen molar-refractivity contribution in [1.82, 2.24) is 9.97 Å². The molecule has 2 aliphatic carbocycles. The number of anilines is 1. The molecule has 0 saturated carbocycles. The Kier molecular flexibility index (Phi) is 8.83. The average Bonchev–Trinajstić information content (AvgIpc) is 3.73. The van der Waals surface area contributed by atoms with Crippen molar-refractivity contribution >= 4 is 5.69 Å². The molecule has 0 atom stereocenters. The van der Waals surface area contributed by atoms with Crippen LogP contribution in [0.4, 0.5) is 5.69 Å². The van der Waals surface area contributed by atoms with Crippen molar-refractivity contribution in [3.63, 3.8) is 0 Å². The lowest BCUT2D eigenvalue weighted by Crippen LogP contribution is -2.45. The van der Waals surface area contributed by atoms with Gasteiger partial charge in [0.25, 0.3) is 0 Å². The first-order valence-corrected chi connectivity index (χ1v) is 23.9. The number of hydrogen-bond donors (Lipinski definition) is 1. The van der Waals surface area contributed by atoms with Crippen LogP contribution in [-0.4, -0.2) is 9.97 Å². The lowest BCUT2D eigenvalue weighted by Gasteiger charge is -2.51. The first-order valence-electron chi connectivity index (χ1n) is 23.9. The van der Waals surface area contributed by atoms with Gasteiger partial charge in [0, 0.05) is 39.1 Å². The van der Waals surface area contributed by atoms with Gasteiger partial charge in [-0.2, -0.15) is 0 Å². The second-order valence-corrected chi connectivity index (χ2v) is 18.6. The van der Waals surface area contributed by atoms with Gasteiger partial charge in [-0.25, -0.2) is 9.97 Å². The Hall–Kier alpha value is -9.12. The molecule has 1 aliphatic heterocycles. The zero-order chi connectivity index (χ0) is 46.4. The number of aromatic nitrogens is 2. The van der Waals surface area contributed by atoms with Gasteiger partial charge in [-0.1, -0.05) is 218 Å². The molecular weight excluding hydrogens is 851 g/mol. The van der Waals surface area contributed by atoms with E-state index in [4.69, 9.17) is 20.4 Å². The molecule has 0 unspecified atom stereocenters. The van der Waals surface area contributed by atoms with E-state index in [0.717, 1.165) is 78.6 Å². The third-order valence-corrected chi connectivity index (χ3v) is 15.0. The summed E-state index contributed by atoms with van der Waals surface area (Å²) in [6.45, 7) is 0. The molecule has 0 radical (unpaired) electrons. The van der Waals surface area contributed by atoms with Crippen molar-refractivity contribution in [2.24, 2.45) is 0 Å². The van der Waals surface area contributed by atoms with E-state index in [1.54, 1.807) is 0 Å². The summed E-state index contributed by atoms with van der Waals surface area (Å²) in [4.78, 5) is 10.4. The summed E-state index contributed by atoms with van der Waals surface area (Å²) in [6.07, 6.45) is 0. The molecule has 2 N–H and O–H groups in total. The molecule has 0 amide bonds. The number of nitrogens with two attached hydrogens (primary N) is 1. The summed E-state index contributed by atoms with van der Waals surface area (Å²) < 4.78 is 7.21. The standard InChI is InChI=1S/C66H43N3O/c67-48-22-15-20-46(40-48)45-19-14-21-47(39-45)64-68-60(43-17-2-1-3-18-43)41-61(69-64)44-37-35-42(36-38-44)49-25-16-33-59-63(49)70-62-34-13-12-32-58(62)66(59)56-30-10-8-28-54(56)65(55-29-9-11-31-57(55)66)52-26-6-4-23-50(52)51-24-5-7-27-53(51)65/h1-41H,67H2. The highest BCUT2D eigenvalue weighted by Gasteiger charge is 2.58. The van der Waals surface area contributed by atoms with Gasteiger partial charge in [-0.05, 0) is 91.5 Å². The summed E-state index contributed by atoms with van der Waals surface area (Å²) in [5.74, 6) is 2.37. The fourth-order valence-corrected chi connectivity index (χ4v) is 12.1. The number of benzene rings is 10. The highest BCUT2D eigenvalue weighted by Crippen LogP contribution is 2.67. The number of ether oxygens (including phenoxy) is 1. The molecule has 328 valence electrons. The fraction of sp³-hybridized carbons (Fsp3) is 0.0303. The molecule has 0 saturated heterocycles. The number of fused-ring (bicyclic) bond motifs is 15. The van der Waals surface area contributed by atoms with E-state index in [9.17, 15) is 0 Å². The Morgan fingerprint density at radius 2 is 0.729 bits per heavy atom. The van der Waals surface area contributed by atoms with Crippen LogP contribution >= 0.6 is 0 Å². The van der Waals surface area contributed by atoms with Crippen molar-refractivity contribution in [3.05, 3.63) is 293 Å². The van der Waals surface area contributed by atoms with E-state index < -0.39 is 10.8 Å². The van der Waals surface area contributed by atoms with Gasteiger partial charge in [-0.15, -0.1) is 0 Å². The van der Waals surface area contributed by atoms with Crippen LogP contribution in [0.3, 0.4) is 0 Å². The van der Waals surface area contributed by atoms with Crippen molar-refractivity contribution < 1.29 is 4.74 Å². The molecule has 2 heterocycles. The maximum Gasteiger partial charge on any atom is 0.160 e. The maximum absolute atomic E-state index is 7.21. The third kappa shape index (κ3) is 5.71. The molecule has 2 spiro atoms. The lowest BCUT2D eigenvalue weighted by molar-refractivity contribution is 0.430. The summed E-state index contributed by atoms with van der Waals surface area (Å²) in [6, 6.07) is 89.3. The third-order valence-electron chi connectivity index (χ3n) is 15.0. The largest absolute Gasteiger partial charge is 0.456 e. The minimum atomic E-state index is -0.694. The number of nitrogens with zero attached hydrogens (tertiary/aromatic N) is 2. The second kappa shape index (κ2) is 15.5. The predicted octanol–water partition coefficient (Wildman–Crippen LogP) is 15.6. The van der Waals surface area contributed by atoms with Crippen LogP contribution in [0.2, 0.25) is 0 Å².